The van der Waals surface area contributed by atoms with E-state index < -0.39 is 0 Å². The number of piperidine rings is 3. The number of Topliss-reactive ketones (excluding diaryl/α,β-unsaturated/α-hetero) is 1. The minimum atomic E-state index is -0.357. The maximum Gasteiger partial charge on any atom is 0.280 e. The normalized spacial score (nSPS) is 28.1. The van der Waals surface area contributed by atoms with E-state index in [1.165, 1.54) is 18.4 Å². The Balaban J connectivity index is 1.36. The molecule has 2 aromatic rings. The van der Waals surface area contributed by atoms with Crippen LogP contribution in [-0.2, 0) is 15.0 Å². The molecule has 1 saturated carbocycles. The number of carbonyl (C=O) groups excluding carboxylic acids is 2. The van der Waals surface area contributed by atoms with Gasteiger partial charge in [0.25, 0.3) is 5.91 Å². The van der Waals surface area contributed by atoms with E-state index in [0.29, 0.717) is 24.1 Å². The smallest absolute Gasteiger partial charge is 0.280 e. The molecule has 3 saturated heterocycles. The molecular formula is C28H37N4O2+. The Labute approximate surface area is 202 Å². The van der Waals surface area contributed by atoms with E-state index in [0.717, 1.165) is 68.3 Å². The van der Waals surface area contributed by atoms with Crippen LogP contribution in [-0.4, -0.2) is 52.3 Å². The van der Waals surface area contributed by atoms with Crippen LogP contribution in [0.15, 0.2) is 42.7 Å². The van der Waals surface area contributed by atoms with Crippen LogP contribution in [0.25, 0.3) is 0 Å². The summed E-state index contributed by atoms with van der Waals surface area (Å²) in [6.07, 6.45) is 12.0. The Hall–Kier alpha value is -2.60. The van der Waals surface area contributed by atoms with Gasteiger partial charge in [-0.25, -0.2) is 4.98 Å². The van der Waals surface area contributed by atoms with Crippen molar-refractivity contribution in [3.63, 3.8) is 0 Å². The number of hydrogen-bond acceptors (Lipinski definition) is 4. The SMILES string of the molecule is Cc1cncc(NC(=O)C[N+]23CCC(CC2)C(C(=O)C2(c4ccccc4)CCCCCC2)C3)n1. The lowest BCUT2D eigenvalue weighted by molar-refractivity contribution is -0.938. The maximum absolute atomic E-state index is 14.4. The fourth-order valence-electron chi connectivity index (χ4n) is 6.94. The molecule has 0 spiro atoms. The van der Waals surface area contributed by atoms with Gasteiger partial charge in [-0.1, -0.05) is 56.0 Å². The lowest BCUT2D eigenvalue weighted by Gasteiger charge is -2.53. The summed E-state index contributed by atoms with van der Waals surface area (Å²) >= 11 is 0. The zero-order valence-electron chi connectivity index (χ0n) is 20.3. The first-order valence-electron chi connectivity index (χ1n) is 13.0. The first-order chi connectivity index (χ1) is 16.5. The second-order valence-corrected chi connectivity index (χ2v) is 10.9. The van der Waals surface area contributed by atoms with E-state index in [4.69, 9.17) is 0 Å². The van der Waals surface area contributed by atoms with Gasteiger partial charge in [-0.2, -0.15) is 0 Å². The molecular weight excluding hydrogens is 424 g/mol. The van der Waals surface area contributed by atoms with E-state index in [1.54, 1.807) is 12.4 Å². The average Bonchev–Trinajstić information content (AvgIpc) is 3.11. The van der Waals surface area contributed by atoms with Gasteiger partial charge in [-0.15, -0.1) is 0 Å². The van der Waals surface area contributed by atoms with Crippen molar-refractivity contribution in [2.75, 3.05) is 31.5 Å². The van der Waals surface area contributed by atoms with Gasteiger partial charge >= 0.3 is 0 Å². The quantitative estimate of drug-likeness (QED) is 0.510. The highest BCUT2D eigenvalue weighted by molar-refractivity contribution is 5.93. The van der Waals surface area contributed by atoms with Crippen molar-refractivity contribution in [1.29, 1.82) is 0 Å². The molecule has 2 bridgehead atoms. The molecule has 6 nitrogen and oxygen atoms in total. The molecule has 1 N–H and O–H groups in total. The number of nitrogens with one attached hydrogen (secondary N) is 1. The number of fused-ring (bicyclic) bond motifs is 3. The Morgan fingerprint density at radius 1 is 1.03 bits per heavy atom. The minimum Gasteiger partial charge on any atom is -0.315 e. The van der Waals surface area contributed by atoms with Gasteiger partial charge in [0.05, 0.1) is 42.9 Å². The van der Waals surface area contributed by atoms with E-state index in [2.05, 4.69) is 39.6 Å². The summed E-state index contributed by atoms with van der Waals surface area (Å²) in [4.78, 5) is 35.9. The number of quaternary nitrogens is 1. The van der Waals surface area contributed by atoms with Crippen LogP contribution in [0.4, 0.5) is 5.82 Å². The third kappa shape index (κ3) is 4.52. The summed E-state index contributed by atoms with van der Waals surface area (Å²) < 4.78 is 0.725. The highest BCUT2D eigenvalue weighted by Gasteiger charge is 2.54. The topological polar surface area (TPSA) is 72.0 Å². The number of aryl methyl sites for hydroxylation is 1. The van der Waals surface area contributed by atoms with Crippen LogP contribution in [0.1, 0.15) is 62.6 Å². The molecule has 34 heavy (non-hydrogen) atoms. The first-order valence-corrected chi connectivity index (χ1v) is 13.0. The third-order valence-corrected chi connectivity index (χ3v) is 8.69. The molecule has 4 heterocycles. The summed E-state index contributed by atoms with van der Waals surface area (Å²) in [6, 6.07) is 10.6. The second-order valence-electron chi connectivity index (χ2n) is 10.9. The van der Waals surface area contributed by atoms with Crippen LogP contribution in [0.3, 0.4) is 0 Å². The second kappa shape index (κ2) is 9.57. The molecule has 4 aliphatic rings. The fraction of sp³-hybridized carbons (Fsp3) is 0.571. The summed E-state index contributed by atoms with van der Waals surface area (Å²) in [6.45, 7) is 5.04. The lowest BCUT2D eigenvalue weighted by Crippen LogP contribution is -2.66. The van der Waals surface area contributed by atoms with E-state index in [-0.39, 0.29) is 17.2 Å². The summed E-state index contributed by atoms with van der Waals surface area (Å²) in [5.41, 5.74) is 1.63. The number of amides is 1. The molecule has 1 atom stereocenters. The average molecular weight is 462 g/mol. The molecule has 1 aromatic carbocycles. The van der Waals surface area contributed by atoms with Gasteiger partial charge < -0.3 is 9.80 Å². The molecule has 3 aliphatic heterocycles. The van der Waals surface area contributed by atoms with Gasteiger partial charge in [0.1, 0.15) is 0 Å². The van der Waals surface area contributed by atoms with Crippen LogP contribution < -0.4 is 5.32 Å². The predicted octanol–water partition coefficient (Wildman–Crippen LogP) is 4.44. The Bertz CT molecular complexity index is 1020. The van der Waals surface area contributed by atoms with Crippen molar-refractivity contribution in [1.82, 2.24) is 9.97 Å². The number of nitrogens with zero attached hydrogens (tertiary/aromatic N) is 3. The van der Waals surface area contributed by atoms with E-state index in [9.17, 15) is 9.59 Å². The summed E-state index contributed by atoms with van der Waals surface area (Å²) in [5.74, 6) is 1.44. The molecule has 1 aromatic heterocycles. The first kappa shape index (κ1) is 23.2. The van der Waals surface area contributed by atoms with Gasteiger partial charge in [0, 0.05) is 19.0 Å². The Kier molecular flexibility index (Phi) is 6.52. The van der Waals surface area contributed by atoms with Crippen LogP contribution in [0.5, 0.6) is 0 Å². The largest absolute Gasteiger partial charge is 0.315 e. The van der Waals surface area contributed by atoms with Crippen molar-refractivity contribution >= 4 is 17.5 Å². The molecule has 1 aliphatic carbocycles. The molecule has 180 valence electrons. The molecule has 4 fully saturated rings. The molecule has 6 rings (SSSR count). The summed E-state index contributed by atoms with van der Waals surface area (Å²) in [7, 11) is 0. The van der Waals surface area contributed by atoms with Gasteiger partial charge in [0.15, 0.2) is 18.1 Å². The zero-order valence-corrected chi connectivity index (χ0v) is 20.3. The predicted molar refractivity (Wildman–Crippen MR) is 132 cm³/mol. The molecule has 0 radical (unpaired) electrons. The van der Waals surface area contributed by atoms with Gasteiger partial charge in [-0.3, -0.25) is 14.6 Å². The van der Waals surface area contributed by atoms with E-state index >= 15 is 0 Å². The van der Waals surface area contributed by atoms with E-state index in [1.807, 2.05) is 13.0 Å². The van der Waals surface area contributed by atoms with Crippen LogP contribution in [0, 0.1) is 18.8 Å². The number of ketones is 1. The highest BCUT2D eigenvalue weighted by Crippen LogP contribution is 2.46. The Morgan fingerprint density at radius 2 is 1.74 bits per heavy atom. The van der Waals surface area contributed by atoms with Crippen LogP contribution >= 0.6 is 0 Å². The Morgan fingerprint density at radius 3 is 2.41 bits per heavy atom. The maximum atomic E-state index is 14.4. The molecule has 1 unspecified atom stereocenters. The fourth-order valence-corrected chi connectivity index (χ4v) is 6.94. The number of aromatic nitrogens is 2. The van der Waals surface area contributed by atoms with Crippen LogP contribution in [0.2, 0.25) is 0 Å². The molecule has 1 amide bonds. The molecule has 6 heteroatoms. The number of rotatable bonds is 6. The third-order valence-electron chi connectivity index (χ3n) is 8.69. The van der Waals surface area contributed by atoms with Crippen molar-refractivity contribution in [3.05, 3.63) is 54.0 Å². The summed E-state index contributed by atoms with van der Waals surface area (Å²) in [5, 5.41) is 2.94. The number of hydrogen-bond donors (Lipinski definition) is 1. The lowest BCUT2D eigenvalue weighted by atomic mass is 9.63. The zero-order chi connectivity index (χ0) is 23.6. The van der Waals surface area contributed by atoms with Crippen molar-refractivity contribution in [2.24, 2.45) is 11.8 Å². The van der Waals surface area contributed by atoms with Crippen molar-refractivity contribution in [2.45, 2.75) is 63.7 Å². The number of anilines is 1. The minimum absolute atomic E-state index is 0.0290. The van der Waals surface area contributed by atoms with Crippen molar-refractivity contribution < 1.29 is 14.1 Å². The monoisotopic (exact) mass is 461 g/mol. The number of carbonyl (C=O) groups is 2. The van der Waals surface area contributed by atoms with Crippen molar-refractivity contribution in [3.8, 4) is 0 Å². The van der Waals surface area contributed by atoms with Gasteiger partial charge in [-0.05, 0) is 31.2 Å². The van der Waals surface area contributed by atoms with Gasteiger partial charge in [0.2, 0.25) is 0 Å². The highest BCUT2D eigenvalue weighted by atomic mass is 16.2. The standard InChI is InChI=1S/C28H36N4O2/c1-21-17-29-18-25(30-21)31-26(33)20-32-15-11-22(12-16-32)24(19-32)27(34)28(13-7-2-3-8-14-28)23-9-5-4-6-10-23/h4-6,9-10,17-18,22,24H,2-3,7-8,11-16,19-20H2,1H3/p+1. The number of benzene rings is 1.